The maximum atomic E-state index is 12.3. The van der Waals surface area contributed by atoms with Crippen LogP contribution in [0.4, 0.5) is 5.82 Å². The fourth-order valence-electron chi connectivity index (χ4n) is 3.28. The summed E-state index contributed by atoms with van der Waals surface area (Å²) in [6, 6.07) is 9.80. The van der Waals surface area contributed by atoms with E-state index < -0.39 is 5.97 Å². The Morgan fingerprint density at radius 3 is 2.59 bits per heavy atom. The van der Waals surface area contributed by atoms with E-state index in [0.717, 1.165) is 16.8 Å². The zero-order valence-electron chi connectivity index (χ0n) is 14.2. The molecule has 1 amide bonds. The van der Waals surface area contributed by atoms with E-state index in [0.29, 0.717) is 11.6 Å². The molecule has 0 spiro atoms. The van der Waals surface area contributed by atoms with E-state index >= 15 is 0 Å². The molecule has 2 aromatic heterocycles. The van der Waals surface area contributed by atoms with Crippen LogP contribution < -0.4 is 5.32 Å². The van der Waals surface area contributed by atoms with Crippen molar-refractivity contribution in [2.75, 3.05) is 5.32 Å². The van der Waals surface area contributed by atoms with Crippen LogP contribution in [0.5, 0.6) is 0 Å². The number of fused-ring (bicyclic) bond motifs is 1. The van der Waals surface area contributed by atoms with Crippen molar-refractivity contribution in [2.45, 2.75) is 19.3 Å². The molecule has 0 bridgehead atoms. The van der Waals surface area contributed by atoms with Gasteiger partial charge in [-0.05, 0) is 36.8 Å². The third-order valence-corrected chi connectivity index (χ3v) is 4.70. The summed E-state index contributed by atoms with van der Waals surface area (Å²) >= 11 is 5.79. The summed E-state index contributed by atoms with van der Waals surface area (Å²) in [5.74, 6) is -0.406. The number of anilines is 1. The molecule has 0 fully saturated rings. The number of nitrogens with one attached hydrogen (secondary N) is 1. The number of carboxylic acid groups (broad SMARTS) is 1. The number of carboxylic acids is 1. The summed E-state index contributed by atoms with van der Waals surface area (Å²) in [7, 11) is 0. The number of benzene rings is 1. The van der Waals surface area contributed by atoms with Gasteiger partial charge in [-0.2, -0.15) is 9.78 Å². The molecule has 2 N–H and O–H groups in total. The fraction of sp³-hybridized carbons (Fsp3) is 0.167. The van der Waals surface area contributed by atoms with E-state index in [1.807, 2.05) is 6.92 Å². The van der Waals surface area contributed by atoms with Crippen LogP contribution in [0.15, 0.2) is 36.4 Å². The maximum Gasteiger partial charge on any atom is 0.335 e. The van der Waals surface area contributed by atoms with Crippen molar-refractivity contribution in [3.8, 4) is 5.82 Å². The van der Waals surface area contributed by atoms with Gasteiger partial charge in [0.2, 0.25) is 5.91 Å². The number of halogens is 1. The Hall–Kier alpha value is -3.26. The zero-order chi connectivity index (χ0) is 19.1. The molecule has 1 atom stereocenters. The van der Waals surface area contributed by atoms with Crippen LogP contribution in [0.2, 0.25) is 5.15 Å². The summed E-state index contributed by atoms with van der Waals surface area (Å²) in [6.45, 7) is 1.86. The highest BCUT2D eigenvalue weighted by atomic mass is 35.5. The molecule has 3 aromatic rings. The molecule has 1 aromatic carbocycles. The van der Waals surface area contributed by atoms with Crippen molar-refractivity contribution in [1.29, 1.82) is 0 Å². The molecule has 3 heterocycles. The summed E-state index contributed by atoms with van der Waals surface area (Å²) in [5, 5.41) is 24.6. The molecule has 1 aliphatic heterocycles. The van der Waals surface area contributed by atoms with Gasteiger partial charge in [-0.1, -0.05) is 23.7 Å². The largest absolute Gasteiger partial charge is 0.478 e. The second-order valence-electron chi connectivity index (χ2n) is 6.21. The van der Waals surface area contributed by atoms with Gasteiger partial charge in [0.25, 0.3) is 0 Å². The van der Waals surface area contributed by atoms with E-state index in [2.05, 4.69) is 20.6 Å². The van der Waals surface area contributed by atoms with Crippen molar-refractivity contribution < 1.29 is 14.7 Å². The lowest BCUT2D eigenvalue weighted by molar-refractivity contribution is -0.116. The molecule has 27 heavy (non-hydrogen) atoms. The monoisotopic (exact) mass is 383 g/mol. The number of hydrogen-bond donors (Lipinski definition) is 2. The third-order valence-electron chi connectivity index (χ3n) is 4.50. The Morgan fingerprint density at radius 2 is 1.96 bits per heavy atom. The lowest BCUT2D eigenvalue weighted by atomic mass is 9.85. The number of rotatable bonds is 3. The summed E-state index contributed by atoms with van der Waals surface area (Å²) < 4.78 is 1.53. The molecule has 8 nitrogen and oxygen atoms in total. The summed E-state index contributed by atoms with van der Waals surface area (Å²) in [4.78, 5) is 23.4. The topological polar surface area (TPSA) is 110 Å². The first-order chi connectivity index (χ1) is 12.9. The summed E-state index contributed by atoms with van der Waals surface area (Å²) in [6.07, 6.45) is 0.248. The number of hydrogen-bond acceptors (Lipinski definition) is 5. The van der Waals surface area contributed by atoms with Crippen LogP contribution in [0.3, 0.4) is 0 Å². The van der Waals surface area contributed by atoms with Gasteiger partial charge < -0.3 is 10.4 Å². The first kappa shape index (κ1) is 17.2. The minimum Gasteiger partial charge on any atom is -0.478 e. The lowest BCUT2D eigenvalue weighted by Crippen LogP contribution is -2.25. The number of aryl methyl sites for hydroxylation is 1. The standard InChI is InChI=1S/C18H14ClN5O3/c1-9-16-12(10-2-4-11(5-3-10)18(26)27)8-15(25)20-17(16)24(23-9)14-7-6-13(19)21-22-14/h2-7,12H,8H2,1H3,(H,20,25)(H,26,27). The van der Waals surface area contributed by atoms with E-state index in [1.165, 1.54) is 16.8 Å². The predicted molar refractivity (Wildman–Crippen MR) is 97.4 cm³/mol. The van der Waals surface area contributed by atoms with Crippen molar-refractivity contribution in [3.63, 3.8) is 0 Å². The molecular formula is C18H14ClN5O3. The minimum absolute atomic E-state index is 0.155. The van der Waals surface area contributed by atoms with Gasteiger partial charge in [0, 0.05) is 17.9 Å². The van der Waals surface area contributed by atoms with Crippen molar-refractivity contribution in [2.24, 2.45) is 0 Å². The Kier molecular flexibility index (Phi) is 4.12. The number of aromatic nitrogens is 4. The van der Waals surface area contributed by atoms with E-state index in [1.54, 1.807) is 24.3 Å². The molecular weight excluding hydrogens is 370 g/mol. The van der Waals surface area contributed by atoms with Crippen LogP contribution in [-0.4, -0.2) is 37.0 Å². The molecule has 0 radical (unpaired) electrons. The van der Waals surface area contributed by atoms with E-state index in [4.69, 9.17) is 16.7 Å². The number of aromatic carboxylic acids is 1. The Bertz CT molecular complexity index is 1040. The van der Waals surface area contributed by atoms with Gasteiger partial charge in [0.15, 0.2) is 11.0 Å². The highest BCUT2D eigenvalue weighted by molar-refractivity contribution is 6.29. The lowest BCUT2D eigenvalue weighted by Gasteiger charge is -2.24. The highest BCUT2D eigenvalue weighted by Gasteiger charge is 2.33. The van der Waals surface area contributed by atoms with Crippen LogP contribution in [-0.2, 0) is 4.79 Å². The number of nitrogens with zero attached hydrogens (tertiary/aromatic N) is 4. The molecule has 0 saturated carbocycles. The molecule has 0 aliphatic carbocycles. The van der Waals surface area contributed by atoms with E-state index in [-0.39, 0.29) is 29.0 Å². The van der Waals surface area contributed by atoms with Gasteiger partial charge >= 0.3 is 5.97 Å². The number of carbonyl (C=O) groups is 2. The Balaban J connectivity index is 1.81. The van der Waals surface area contributed by atoms with Crippen LogP contribution in [0.25, 0.3) is 5.82 Å². The fourth-order valence-corrected chi connectivity index (χ4v) is 3.38. The second kappa shape index (κ2) is 6.48. The van der Waals surface area contributed by atoms with Gasteiger partial charge in [0.1, 0.15) is 5.82 Å². The molecule has 9 heteroatoms. The van der Waals surface area contributed by atoms with Gasteiger partial charge in [-0.25, -0.2) is 4.79 Å². The maximum absolute atomic E-state index is 12.3. The number of carbonyl (C=O) groups excluding carboxylic acids is 1. The molecule has 4 rings (SSSR count). The molecule has 0 saturated heterocycles. The van der Waals surface area contributed by atoms with E-state index in [9.17, 15) is 9.59 Å². The predicted octanol–water partition coefficient (Wildman–Crippen LogP) is 2.80. The smallest absolute Gasteiger partial charge is 0.335 e. The second-order valence-corrected chi connectivity index (χ2v) is 6.59. The van der Waals surface area contributed by atoms with Crippen LogP contribution >= 0.6 is 11.6 Å². The average molecular weight is 384 g/mol. The quantitative estimate of drug-likeness (QED) is 0.719. The Labute approximate surface area is 158 Å². The first-order valence-electron chi connectivity index (χ1n) is 8.16. The van der Waals surface area contributed by atoms with Gasteiger partial charge in [-0.3, -0.25) is 4.79 Å². The third kappa shape index (κ3) is 3.04. The van der Waals surface area contributed by atoms with Crippen LogP contribution in [0, 0.1) is 6.92 Å². The van der Waals surface area contributed by atoms with Crippen molar-refractivity contribution in [3.05, 3.63) is 63.9 Å². The van der Waals surface area contributed by atoms with Gasteiger partial charge in [0.05, 0.1) is 11.3 Å². The molecule has 136 valence electrons. The highest BCUT2D eigenvalue weighted by Crippen LogP contribution is 2.40. The normalized spacial score (nSPS) is 15.9. The van der Waals surface area contributed by atoms with Crippen LogP contribution in [0.1, 0.15) is 39.5 Å². The first-order valence-corrected chi connectivity index (χ1v) is 8.54. The zero-order valence-corrected chi connectivity index (χ0v) is 14.9. The molecule has 1 unspecified atom stereocenters. The summed E-state index contributed by atoms with van der Waals surface area (Å²) in [5.41, 5.74) is 2.66. The molecule has 1 aliphatic rings. The van der Waals surface area contributed by atoms with Gasteiger partial charge in [-0.15, -0.1) is 10.2 Å². The van der Waals surface area contributed by atoms with Crippen molar-refractivity contribution >= 4 is 29.3 Å². The minimum atomic E-state index is -0.992. The SMILES string of the molecule is Cc1nn(-c2ccc(Cl)nn2)c2c1C(c1ccc(C(=O)O)cc1)CC(=O)N2. The average Bonchev–Trinajstić information content (AvgIpc) is 2.98. The number of amides is 1. The Morgan fingerprint density at radius 1 is 1.22 bits per heavy atom. The van der Waals surface area contributed by atoms with Crippen molar-refractivity contribution in [1.82, 2.24) is 20.0 Å².